The summed E-state index contributed by atoms with van der Waals surface area (Å²) >= 11 is 7.83. The Morgan fingerprint density at radius 3 is 2.75 bits per heavy atom. The minimum atomic E-state index is -0.343. The monoisotopic (exact) mass is 296 g/mol. The van der Waals surface area contributed by atoms with Gasteiger partial charge in [-0.05, 0) is 40.8 Å². The van der Waals surface area contributed by atoms with E-state index in [1.54, 1.807) is 18.2 Å². The number of rotatable bonds is 1. The van der Waals surface area contributed by atoms with Crippen LogP contribution in [-0.4, -0.2) is 13.1 Å². The number of carbonyl (C=O) groups is 1. The summed E-state index contributed by atoms with van der Waals surface area (Å²) < 4.78 is 5.39. The Kier molecular flexibility index (Phi) is 3.34. The molecule has 0 saturated heterocycles. The van der Waals surface area contributed by atoms with Crippen LogP contribution in [-0.2, 0) is 4.74 Å². The lowest BCUT2D eigenvalue weighted by Gasteiger charge is -2.00. The van der Waals surface area contributed by atoms with E-state index >= 15 is 0 Å². The Labute approximate surface area is 89.0 Å². The van der Waals surface area contributed by atoms with Gasteiger partial charge in [-0.1, -0.05) is 11.6 Å². The molecule has 2 nitrogen and oxygen atoms in total. The van der Waals surface area contributed by atoms with Crippen molar-refractivity contribution in [2.45, 2.75) is 0 Å². The van der Waals surface area contributed by atoms with Crippen LogP contribution in [0.1, 0.15) is 10.4 Å². The van der Waals surface area contributed by atoms with Gasteiger partial charge in [0.2, 0.25) is 0 Å². The molecule has 64 valence electrons. The number of hydrogen-bond acceptors (Lipinski definition) is 2. The van der Waals surface area contributed by atoms with Gasteiger partial charge in [0.05, 0.1) is 17.7 Å². The second kappa shape index (κ2) is 4.09. The Balaban J connectivity index is 3.05. The van der Waals surface area contributed by atoms with Gasteiger partial charge in [-0.3, -0.25) is 0 Å². The summed E-state index contributed by atoms with van der Waals surface area (Å²) in [6.45, 7) is 0. The molecule has 0 spiro atoms. The van der Waals surface area contributed by atoms with Crippen LogP contribution >= 0.6 is 34.2 Å². The number of halogens is 2. The molecule has 0 atom stereocenters. The lowest BCUT2D eigenvalue weighted by molar-refractivity contribution is 0.0600. The summed E-state index contributed by atoms with van der Waals surface area (Å²) in [4.78, 5) is 11.0. The van der Waals surface area contributed by atoms with Crippen molar-refractivity contribution in [1.82, 2.24) is 0 Å². The molecule has 1 rings (SSSR count). The molecule has 1 aromatic carbocycles. The molecule has 4 heteroatoms. The molecular weight excluding hydrogens is 290 g/mol. The highest BCUT2D eigenvalue weighted by molar-refractivity contribution is 14.1. The Morgan fingerprint density at radius 1 is 1.58 bits per heavy atom. The summed E-state index contributed by atoms with van der Waals surface area (Å²) in [5.41, 5.74) is 0.520. The van der Waals surface area contributed by atoms with E-state index in [-0.39, 0.29) is 5.97 Å². The van der Waals surface area contributed by atoms with Crippen molar-refractivity contribution in [2.24, 2.45) is 0 Å². The topological polar surface area (TPSA) is 26.3 Å². The van der Waals surface area contributed by atoms with Crippen LogP contribution in [0.4, 0.5) is 0 Å². The third-order valence-electron chi connectivity index (χ3n) is 1.34. The third kappa shape index (κ3) is 2.10. The van der Waals surface area contributed by atoms with E-state index in [0.717, 1.165) is 3.57 Å². The van der Waals surface area contributed by atoms with Crippen molar-refractivity contribution in [2.75, 3.05) is 7.11 Å². The molecule has 12 heavy (non-hydrogen) atoms. The largest absolute Gasteiger partial charge is 0.465 e. The van der Waals surface area contributed by atoms with Gasteiger partial charge in [-0.25, -0.2) is 4.79 Å². The zero-order valence-electron chi connectivity index (χ0n) is 6.30. The van der Waals surface area contributed by atoms with Crippen LogP contribution in [0.2, 0.25) is 5.02 Å². The first-order valence-electron chi connectivity index (χ1n) is 3.18. The van der Waals surface area contributed by atoms with Crippen LogP contribution in [0, 0.1) is 3.57 Å². The third-order valence-corrected chi connectivity index (χ3v) is 2.88. The average Bonchev–Trinajstić information content (AvgIpc) is 2.08. The molecule has 0 fully saturated rings. The van der Waals surface area contributed by atoms with Crippen molar-refractivity contribution in [3.63, 3.8) is 0 Å². The standard InChI is InChI=1S/C8H6ClIO2/c1-12-8(11)5-2-3-6(9)7(10)4-5/h2-4H,1H3. The van der Waals surface area contributed by atoms with E-state index in [0.29, 0.717) is 10.6 Å². The minimum absolute atomic E-state index is 0.343. The highest BCUT2D eigenvalue weighted by Gasteiger charge is 2.06. The normalized spacial score (nSPS) is 9.58. The quantitative estimate of drug-likeness (QED) is 0.588. The molecule has 0 radical (unpaired) electrons. The second-order valence-corrected chi connectivity index (χ2v) is 3.69. The van der Waals surface area contributed by atoms with Gasteiger partial charge in [0, 0.05) is 3.57 Å². The maximum Gasteiger partial charge on any atom is 0.337 e. The maximum atomic E-state index is 11.0. The van der Waals surface area contributed by atoms with Crippen molar-refractivity contribution < 1.29 is 9.53 Å². The Hall–Kier alpha value is -0.290. The van der Waals surface area contributed by atoms with Crippen molar-refractivity contribution in [1.29, 1.82) is 0 Å². The van der Waals surface area contributed by atoms with Gasteiger partial charge < -0.3 is 4.74 Å². The molecule has 0 N–H and O–H groups in total. The van der Waals surface area contributed by atoms with E-state index in [1.807, 2.05) is 0 Å². The molecule has 0 aliphatic rings. The van der Waals surface area contributed by atoms with Gasteiger partial charge in [0.25, 0.3) is 0 Å². The summed E-state index contributed by atoms with van der Waals surface area (Å²) in [6, 6.07) is 5.00. The number of esters is 1. The maximum absolute atomic E-state index is 11.0. The summed E-state index contributed by atoms with van der Waals surface area (Å²) in [5, 5.41) is 0.642. The zero-order valence-corrected chi connectivity index (χ0v) is 9.22. The molecule has 0 aliphatic carbocycles. The van der Waals surface area contributed by atoms with E-state index in [4.69, 9.17) is 11.6 Å². The summed E-state index contributed by atoms with van der Waals surface area (Å²) in [6.07, 6.45) is 0. The fourth-order valence-electron chi connectivity index (χ4n) is 0.741. The molecule has 0 aliphatic heterocycles. The van der Waals surface area contributed by atoms with Gasteiger partial charge >= 0.3 is 5.97 Å². The predicted octanol–water partition coefficient (Wildman–Crippen LogP) is 2.73. The fourth-order valence-corrected chi connectivity index (χ4v) is 1.37. The van der Waals surface area contributed by atoms with Crippen molar-refractivity contribution >= 4 is 40.2 Å². The molecule has 0 amide bonds. The fraction of sp³-hybridized carbons (Fsp3) is 0.125. The molecule has 0 heterocycles. The van der Waals surface area contributed by atoms with Gasteiger partial charge in [-0.15, -0.1) is 0 Å². The van der Waals surface area contributed by atoms with Gasteiger partial charge in [-0.2, -0.15) is 0 Å². The number of carbonyl (C=O) groups excluding carboxylic acids is 1. The smallest absolute Gasteiger partial charge is 0.337 e. The first kappa shape index (κ1) is 9.80. The Morgan fingerprint density at radius 2 is 2.25 bits per heavy atom. The van der Waals surface area contributed by atoms with Gasteiger partial charge in [0.15, 0.2) is 0 Å². The molecular formula is C8H6ClIO2. The summed E-state index contributed by atoms with van der Waals surface area (Å²) in [5.74, 6) is -0.343. The molecule has 1 aromatic rings. The highest BCUT2D eigenvalue weighted by Crippen LogP contribution is 2.19. The number of hydrogen-bond donors (Lipinski definition) is 0. The van der Waals surface area contributed by atoms with Crippen LogP contribution < -0.4 is 0 Å². The van der Waals surface area contributed by atoms with E-state index in [1.165, 1.54) is 7.11 Å². The number of benzene rings is 1. The van der Waals surface area contributed by atoms with Crippen LogP contribution in [0.15, 0.2) is 18.2 Å². The highest BCUT2D eigenvalue weighted by atomic mass is 127. The Bertz CT molecular complexity index is 312. The average molecular weight is 296 g/mol. The molecule has 0 bridgehead atoms. The number of ether oxygens (including phenoxy) is 1. The van der Waals surface area contributed by atoms with Crippen LogP contribution in [0.5, 0.6) is 0 Å². The van der Waals surface area contributed by atoms with Gasteiger partial charge in [0.1, 0.15) is 0 Å². The lowest BCUT2D eigenvalue weighted by Crippen LogP contribution is -2.00. The van der Waals surface area contributed by atoms with E-state index in [9.17, 15) is 4.79 Å². The first-order valence-corrected chi connectivity index (χ1v) is 4.64. The molecule has 0 unspecified atom stereocenters. The van der Waals surface area contributed by atoms with Crippen molar-refractivity contribution in [3.8, 4) is 0 Å². The van der Waals surface area contributed by atoms with Crippen LogP contribution in [0.25, 0.3) is 0 Å². The lowest BCUT2D eigenvalue weighted by atomic mass is 10.2. The minimum Gasteiger partial charge on any atom is -0.465 e. The molecule has 0 aromatic heterocycles. The zero-order chi connectivity index (χ0) is 9.14. The van der Waals surface area contributed by atoms with Crippen LogP contribution in [0.3, 0.4) is 0 Å². The summed E-state index contributed by atoms with van der Waals surface area (Å²) in [7, 11) is 1.35. The van der Waals surface area contributed by atoms with E-state index in [2.05, 4.69) is 27.3 Å². The molecule has 0 saturated carbocycles. The van der Waals surface area contributed by atoms with E-state index < -0.39 is 0 Å². The number of methoxy groups -OCH3 is 1. The SMILES string of the molecule is COC(=O)c1ccc(Cl)c(I)c1. The second-order valence-electron chi connectivity index (χ2n) is 2.12. The van der Waals surface area contributed by atoms with Crippen molar-refractivity contribution in [3.05, 3.63) is 32.4 Å². The predicted molar refractivity (Wildman–Crippen MR) is 55.5 cm³/mol. The first-order chi connectivity index (χ1) is 5.65.